The third-order valence-electron chi connectivity index (χ3n) is 5.80. The van der Waals surface area contributed by atoms with Crippen molar-refractivity contribution in [3.05, 3.63) is 39.9 Å². The number of carbonyl (C=O) groups excluding carboxylic acids is 2. The van der Waals surface area contributed by atoms with E-state index in [4.69, 9.17) is 5.73 Å². The molecule has 7 heteroatoms. The minimum Gasteiger partial charge on any atom is -0.350 e. The van der Waals surface area contributed by atoms with Crippen molar-refractivity contribution >= 4 is 23.2 Å². The molecule has 2 aliphatic rings. The molecule has 0 radical (unpaired) electrons. The number of nitrogens with two attached hydrogens (primary N) is 1. The number of amides is 2. The molecule has 0 aromatic carbocycles. The number of hydrogen-bond donors (Lipinski definition) is 2. The first-order valence-corrected chi connectivity index (χ1v) is 11.2. The normalized spacial score (nSPS) is 23.1. The van der Waals surface area contributed by atoms with E-state index in [1.165, 1.54) is 4.88 Å². The van der Waals surface area contributed by atoms with E-state index in [1.54, 1.807) is 16.2 Å². The quantitative estimate of drug-likeness (QED) is 0.772. The molecule has 6 nitrogen and oxygen atoms in total. The summed E-state index contributed by atoms with van der Waals surface area (Å²) in [5, 5.41) is 3.01. The lowest BCUT2D eigenvalue weighted by molar-refractivity contribution is -0.141. The molecule has 3 atom stereocenters. The highest BCUT2D eigenvalue weighted by atomic mass is 32.1. The minimum absolute atomic E-state index is 0.0910. The molecule has 0 spiro atoms. The van der Waals surface area contributed by atoms with Gasteiger partial charge in [-0.05, 0) is 37.2 Å². The number of likely N-dealkylation sites (tertiary alicyclic amines) is 1. The summed E-state index contributed by atoms with van der Waals surface area (Å²) in [5.74, 6) is 0.144. The molecule has 1 fully saturated rings. The molecule has 3 N–H and O–H groups in total. The van der Waals surface area contributed by atoms with Crippen molar-refractivity contribution in [3.8, 4) is 0 Å². The third kappa shape index (κ3) is 4.95. The number of nitrogens with zero attached hydrogens (tertiary/aromatic N) is 2. The van der Waals surface area contributed by atoms with E-state index in [1.807, 2.05) is 33.2 Å². The van der Waals surface area contributed by atoms with Crippen molar-refractivity contribution in [1.29, 1.82) is 0 Å². The molecule has 3 rings (SSSR count). The molecule has 1 saturated heterocycles. The summed E-state index contributed by atoms with van der Waals surface area (Å²) in [4.78, 5) is 32.8. The van der Waals surface area contributed by atoms with Crippen LogP contribution < -0.4 is 11.1 Å². The van der Waals surface area contributed by atoms with E-state index in [0.717, 1.165) is 24.1 Å². The number of aryl methyl sites for hydroxylation is 1. The average molecular weight is 417 g/mol. The van der Waals surface area contributed by atoms with Crippen LogP contribution in [0.25, 0.3) is 0 Å². The molecule has 2 heterocycles. The summed E-state index contributed by atoms with van der Waals surface area (Å²) in [7, 11) is 0. The number of hydrogen-bond acceptors (Lipinski definition) is 5. The molecule has 3 unspecified atom stereocenters. The standard InChI is InChI=1S/C22H32N4O2S/c1-14-18(29-13-25-14)16-9-7-15(8-10-16)12-24-20(27)17-6-5-11-26(17)21(28)19(23)22(2,3)4/h7-9,13,16-17,19H,5-6,10-12,23H2,1-4H3,(H,24,27). The van der Waals surface area contributed by atoms with Gasteiger partial charge in [-0.2, -0.15) is 0 Å². The van der Waals surface area contributed by atoms with Crippen LogP contribution in [0.2, 0.25) is 0 Å². The van der Waals surface area contributed by atoms with E-state index in [0.29, 0.717) is 25.4 Å². The Kier molecular flexibility index (Phi) is 6.58. The van der Waals surface area contributed by atoms with Crippen LogP contribution in [0.5, 0.6) is 0 Å². The Morgan fingerprint density at radius 1 is 1.41 bits per heavy atom. The van der Waals surface area contributed by atoms with Gasteiger partial charge in [-0.15, -0.1) is 11.3 Å². The Labute approximate surface area is 177 Å². The van der Waals surface area contributed by atoms with E-state index in [9.17, 15) is 9.59 Å². The molecule has 0 bridgehead atoms. The SMILES string of the molecule is Cc1ncsc1C1C=CC(CNC(=O)C2CCCN2C(=O)C(N)C(C)(C)C)=CC1. The minimum atomic E-state index is -0.605. The summed E-state index contributed by atoms with van der Waals surface area (Å²) in [6.45, 7) is 8.96. The molecule has 1 aromatic heterocycles. The van der Waals surface area contributed by atoms with Crippen molar-refractivity contribution < 1.29 is 9.59 Å². The predicted octanol–water partition coefficient (Wildman–Crippen LogP) is 2.90. The smallest absolute Gasteiger partial charge is 0.243 e. The van der Waals surface area contributed by atoms with Gasteiger partial charge >= 0.3 is 0 Å². The summed E-state index contributed by atoms with van der Waals surface area (Å²) in [6, 6.07) is -1.02. The van der Waals surface area contributed by atoms with Gasteiger partial charge in [-0.1, -0.05) is 39.0 Å². The first-order valence-electron chi connectivity index (χ1n) is 10.3. The largest absolute Gasteiger partial charge is 0.350 e. The monoisotopic (exact) mass is 416 g/mol. The predicted molar refractivity (Wildman–Crippen MR) is 117 cm³/mol. The number of thiazole rings is 1. The summed E-state index contributed by atoms with van der Waals surface area (Å²) in [5.41, 5.74) is 9.89. The lowest BCUT2D eigenvalue weighted by Gasteiger charge is -2.32. The summed E-state index contributed by atoms with van der Waals surface area (Å²) in [6.07, 6.45) is 8.89. The Hall–Kier alpha value is -1.99. The fourth-order valence-electron chi connectivity index (χ4n) is 3.82. The second-order valence-corrected chi connectivity index (χ2v) is 9.92. The second-order valence-electron chi connectivity index (χ2n) is 9.03. The molecule has 1 aliphatic carbocycles. The zero-order chi connectivity index (χ0) is 21.2. The Morgan fingerprint density at radius 3 is 2.76 bits per heavy atom. The van der Waals surface area contributed by atoms with Crippen LogP contribution in [0.4, 0.5) is 0 Å². The number of aromatic nitrogens is 1. The molecule has 1 aliphatic heterocycles. The molecule has 0 saturated carbocycles. The lowest BCUT2D eigenvalue weighted by Crippen LogP contribution is -2.54. The van der Waals surface area contributed by atoms with Gasteiger partial charge in [0, 0.05) is 23.9 Å². The van der Waals surface area contributed by atoms with Crippen LogP contribution in [-0.4, -0.2) is 46.9 Å². The molecular weight excluding hydrogens is 384 g/mol. The van der Waals surface area contributed by atoms with E-state index >= 15 is 0 Å². The fraction of sp³-hybridized carbons (Fsp3) is 0.591. The van der Waals surface area contributed by atoms with Crippen molar-refractivity contribution in [2.24, 2.45) is 11.1 Å². The second kappa shape index (κ2) is 8.79. The maximum Gasteiger partial charge on any atom is 0.243 e. The number of nitrogens with one attached hydrogen (secondary N) is 1. The fourth-order valence-corrected chi connectivity index (χ4v) is 4.71. The highest BCUT2D eigenvalue weighted by Crippen LogP contribution is 2.31. The Balaban J connectivity index is 1.54. The van der Waals surface area contributed by atoms with E-state index in [2.05, 4.69) is 28.5 Å². The molecular formula is C22H32N4O2S. The maximum absolute atomic E-state index is 12.8. The van der Waals surface area contributed by atoms with Gasteiger partial charge in [0.15, 0.2) is 0 Å². The first kappa shape index (κ1) is 21.7. The number of carbonyl (C=O) groups is 2. The topological polar surface area (TPSA) is 88.3 Å². The van der Waals surface area contributed by atoms with E-state index in [-0.39, 0.29) is 17.2 Å². The molecule has 2 amide bonds. The van der Waals surface area contributed by atoms with Gasteiger partial charge in [0.25, 0.3) is 0 Å². The van der Waals surface area contributed by atoms with Gasteiger partial charge in [-0.25, -0.2) is 4.98 Å². The highest BCUT2D eigenvalue weighted by molar-refractivity contribution is 7.09. The zero-order valence-corrected chi connectivity index (χ0v) is 18.6. The Bertz CT molecular complexity index is 821. The van der Waals surface area contributed by atoms with Gasteiger partial charge < -0.3 is 16.0 Å². The van der Waals surface area contributed by atoms with Crippen molar-refractivity contribution in [1.82, 2.24) is 15.2 Å². The van der Waals surface area contributed by atoms with Crippen LogP contribution in [0.15, 0.2) is 29.3 Å². The van der Waals surface area contributed by atoms with Crippen molar-refractivity contribution in [2.75, 3.05) is 13.1 Å². The Morgan fingerprint density at radius 2 is 2.17 bits per heavy atom. The molecule has 1 aromatic rings. The van der Waals surface area contributed by atoms with E-state index < -0.39 is 12.1 Å². The van der Waals surface area contributed by atoms with Gasteiger partial charge in [-0.3, -0.25) is 9.59 Å². The van der Waals surface area contributed by atoms with Crippen LogP contribution in [-0.2, 0) is 9.59 Å². The highest BCUT2D eigenvalue weighted by Gasteiger charge is 2.39. The number of rotatable bonds is 5. The van der Waals surface area contributed by atoms with Gasteiger partial charge in [0.05, 0.1) is 17.2 Å². The van der Waals surface area contributed by atoms with Gasteiger partial charge in [0.2, 0.25) is 11.8 Å². The van der Waals surface area contributed by atoms with Crippen LogP contribution in [0, 0.1) is 12.3 Å². The first-order chi connectivity index (χ1) is 13.7. The van der Waals surface area contributed by atoms with Crippen LogP contribution in [0.1, 0.15) is 56.5 Å². The van der Waals surface area contributed by atoms with Crippen LogP contribution in [0.3, 0.4) is 0 Å². The zero-order valence-electron chi connectivity index (χ0n) is 17.8. The summed E-state index contributed by atoms with van der Waals surface area (Å²) >= 11 is 1.69. The number of allylic oxidation sites excluding steroid dienone is 2. The molecule has 158 valence electrons. The summed E-state index contributed by atoms with van der Waals surface area (Å²) < 4.78 is 0. The third-order valence-corrected chi connectivity index (χ3v) is 6.86. The molecule has 29 heavy (non-hydrogen) atoms. The lowest BCUT2D eigenvalue weighted by atomic mass is 9.86. The van der Waals surface area contributed by atoms with Crippen molar-refractivity contribution in [2.45, 2.75) is 65.0 Å². The van der Waals surface area contributed by atoms with Crippen LogP contribution >= 0.6 is 11.3 Å². The average Bonchev–Trinajstić information content (AvgIpc) is 3.33. The van der Waals surface area contributed by atoms with Crippen molar-refractivity contribution in [3.63, 3.8) is 0 Å². The maximum atomic E-state index is 12.8. The van der Waals surface area contributed by atoms with Gasteiger partial charge in [0.1, 0.15) is 6.04 Å².